The van der Waals surface area contributed by atoms with Crippen molar-refractivity contribution < 1.29 is 14.3 Å². The zero-order valence-corrected chi connectivity index (χ0v) is 17.4. The summed E-state index contributed by atoms with van der Waals surface area (Å²) < 4.78 is 11.1. The summed E-state index contributed by atoms with van der Waals surface area (Å²) in [4.78, 5) is 11.0. The van der Waals surface area contributed by atoms with Crippen LogP contribution >= 0.6 is 0 Å². The van der Waals surface area contributed by atoms with Gasteiger partial charge in [0.05, 0.1) is 17.2 Å². The Kier molecular flexibility index (Phi) is 4.92. The Morgan fingerprint density at radius 1 is 1.12 bits per heavy atom. The number of primary amides is 1. The molecular weight excluding hydrogens is 418 g/mol. The second-order valence-corrected chi connectivity index (χ2v) is 7.59. The Hall–Kier alpha value is -4.77. The number of hydrogen-bond donors (Lipinski definition) is 3. The number of carbonyl (C=O) groups excluding carboxylic acids is 1. The van der Waals surface area contributed by atoms with Crippen LogP contribution in [0, 0.1) is 11.3 Å². The van der Waals surface area contributed by atoms with Crippen LogP contribution < -0.4 is 20.9 Å². The molecule has 8 nitrogen and oxygen atoms in total. The van der Waals surface area contributed by atoms with Gasteiger partial charge >= 0.3 is 0 Å². The number of amides is 1. The number of carbonyl (C=O) groups is 1. The lowest BCUT2D eigenvalue weighted by Gasteiger charge is -2.24. The molecule has 1 atom stereocenters. The fraction of sp³-hybridized carbons (Fsp3) is 0.0800. The third-order valence-corrected chi connectivity index (χ3v) is 5.59. The minimum Gasteiger partial charge on any atom is -0.484 e. The van der Waals surface area contributed by atoms with E-state index in [2.05, 4.69) is 16.3 Å². The van der Waals surface area contributed by atoms with Gasteiger partial charge in [0, 0.05) is 5.56 Å². The standard InChI is InChI=1S/C25H19N5O3/c26-12-19-21(15-8-10-16(11-9-15)32-13-20(27)31)22-23(29-30-25(22)33-24(19)28)18-7-3-5-14-4-1-2-6-17(14)18/h1-11,21H,13,28H2,(H2,27,31)(H,29,30). The molecule has 1 amide bonds. The second-order valence-electron chi connectivity index (χ2n) is 7.59. The number of aromatic amines is 1. The molecule has 5 N–H and O–H groups in total. The molecule has 0 aliphatic carbocycles. The third-order valence-electron chi connectivity index (χ3n) is 5.59. The van der Waals surface area contributed by atoms with Crippen molar-refractivity contribution in [1.82, 2.24) is 10.2 Å². The molecule has 0 fully saturated rings. The number of aromatic nitrogens is 2. The molecule has 162 valence electrons. The lowest BCUT2D eigenvalue weighted by molar-refractivity contribution is -0.119. The van der Waals surface area contributed by atoms with Gasteiger partial charge in [-0.3, -0.25) is 9.89 Å². The van der Waals surface area contributed by atoms with E-state index in [9.17, 15) is 10.1 Å². The van der Waals surface area contributed by atoms with Crippen molar-refractivity contribution in [2.24, 2.45) is 11.5 Å². The van der Waals surface area contributed by atoms with Crippen LogP contribution in [0.1, 0.15) is 17.0 Å². The molecule has 8 heteroatoms. The van der Waals surface area contributed by atoms with Crippen LogP contribution in [-0.4, -0.2) is 22.7 Å². The minimum absolute atomic E-state index is 0.0139. The average molecular weight is 437 g/mol. The largest absolute Gasteiger partial charge is 0.484 e. The van der Waals surface area contributed by atoms with E-state index in [0.29, 0.717) is 11.6 Å². The van der Waals surface area contributed by atoms with Crippen molar-refractivity contribution in [3.63, 3.8) is 0 Å². The summed E-state index contributed by atoms with van der Waals surface area (Å²) in [7, 11) is 0. The number of fused-ring (bicyclic) bond motifs is 2. The molecule has 0 radical (unpaired) electrons. The van der Waals surface area contributed by atoms with Crippen LogP contribution in [0.2, 0.25) is 0 Å². The number of allylic oxidation sites excluding steroid dienone is 1. The predicted molar refractivity (Wildman–Crippen MR) is 122 cm³/mol. The van der Waals surface area contributed by atoms with Crippen LogP contribution in [0.3, 0.4) is 0 Å². The van der Waals surface area contributed by atoms with Gasteiger partial charge in [0.2, 0.25) is 11.8 Å². The van der Waals surface area contributed by atoms with Crippen molar-refractivity contribution in [1.29, 1.82) is 5.26 Å². The Morgan fingerprint density at radius 2 is 1.88 bits per heavy atom. The van der Waals surface area contributed by atoms with Gasteiger partial charge in [0.25, 0.3) is 5.91 Å². The molecule has 1 aliphatic rings. The summed E-state index contributed by atoms with van der Waals surface area (Å²) in [6.07, 6.45) is 0. The van der Waals surface area contributed by atoms with E-state index in [1.807, 2.05) is 54.6 Å². The molecule has 0 spiro atoms. The van der Waals surface area contributed by atoms with Gasteiger partial charge in [-0.25, -0.2) is 0 Å². The zero-order valence-electron chi connectivity index (χ0n) is 17.4. The number of ether oxygens (including phenoxy) is 2. The van der Waals surface area contributed by atoms with E-state index in [4.69, 9.17) is 20.9 Å². The molecule has 3 aromatic carbocycles. The number of benzene rings is 3. The summed E-state index contributed by atoms with van der Waals surface area (Å²) in [5.74, 6) is -0.235. The smallest absolute Gasteiger partial charge is 0.255 e. The molecule has 5 rings (SSSR count). The monoisotopic (exact) mass is 437 g/mol. The average Bonchev–Trinajstić information content (AvgIpc) is 3.25. The lowest BCUT2D eigenvalue weighted by Crippen LogP contribution is -2.21. The van der Waals surface area contributed by atoms with E-state index in [0.717, 1.165) is 33.2 Å². The first-order chi connectivity index (χ1) is 16.1. The molecule has 1 unspecified atom stereocenters. The number of nitrogens with two attached hydrogens (primary N) is 2. The summed E-state index contributed by atoms with van der Waals surface area (Å²) in [5.41, 5.74) is 14.7. The minimum atomic E-state index is -0.561. The third kappa shape index (κ3) is 3.51. The van der Waals surface area contributed by atoms with Gasteiger partial charge in [-0.2, -0.15) is 5.26 Å². The molecule has 0 saturated heterocycles. The topological polar surface area (TPSA) is 140 Å². The van der Waals surface area contributed by atoms with Crippen LogP contribution in [0.5, 0.6) is 11.6 Å². The summed E-state index contributed by atoms with van der Waals surface area (Å²) in [5, 5.41) is 19.5. The lowest BCUT2D eigenvalue weighted by atomic mass is 9.82. The molecule has 33 heavy (non-hydrogen) atoms. The highest BCUT2D eigenvalue weighted by Gasteiger charge is 2.35. The summed E-state index contributed by atoms with van der Waals surface area (Å²) in [6.45, 7) is -0.218. The number of nitrogens with zero attached hydrogens (tertiary/aromatic N) is 2. The van der Waals surface area contributed by atoms with Gasteiger partial charge in [-0.1, -0.05) is 54.6 Å². The van der Waals surface area contributed by atoms with Crippen LogP contribution in [-0.2, 0) is 4.79 Å². The Labute approximate surface area is 189 Å². The van der Waals surface area contributed by atoms with Gasteiger partial charge in [0.1, 0.15) is 17.4 Å². The maximum Gasteiger partial charge on any atom is 0.255 e. The molecule has 0 bridgehead atoms. The van der Waals surface area contributed by atoms with Gasteiger partial charge < -0.3 is 20.9 Å². The van der Waals surface area contributed by atoms with Crippen molar-refractivity contribution >= 4 is 16.7 Å². The van der Waals surface area contributed by atoms with E-state index in [1.165, 1.54) is 0 Å². The number of nitriles is 1. The van der Waals surface area contributed by atoms with Gasteiger partial charge in [0.15, 0.2) is 6.61 Å². The quantitative estimate of drug-likeness (QED) is 0.438. The fourth-order valence-corrected chi connectivity index (χ4v) is 4.14. The Bertz CT molecular complexity index is 1440. The van der Waals surface area contributed by atoms with Crippen molar-refractivity contribution in [3.8, 4) is 29.0 Å². The fourth-order valence-electron chi connectivity index (χ4n) is 4.14. The highest BCUT2D eigenvalue weighted by Crippen LogP contribution is 2.46. The van der Waals surface area contributed by atoms with Crippen LogP contribution in [0.25, 0.3) is 22.0 Å². The molecule has 2 heterocycles. The van der Waals surface area contributed by atoms with Gasteiger partial charge in [-0.15, -0.1) is 5.10 Å². The maximum absolute atomic E-state index is 11.0. The predicted octanol–water partition coefficient (Wildman–Crippen LogP) is 3.31. The highest BCUT2D eigenvalue weighted by atomic mass is 16.5. The Morgan fingerprint density at radius 3 is 2.64 bits per heavy atom. The maximum atomic E-state index is 11.0. The van der Waals surface area contributed by atoms with Crippen LogP contribution in [0.4, 0.5) is 0 Å². The number of rotatable bonds is 5. The molecule has 0 saturated carbocycles. The SMILES string of the molecule is N#CC1=C(N)Oc2n[nH]c(-c3cccc4ccccc34)c2C1c1ccc(OCC(N)=O)cc1. The number of H-pyrrole nitrogens is 1. The number of hydrogen-bond acceptors (Lipinski definition) is 6. The highest BCUT2D eigenvalue weighted by molar-refractivity contribution is 5.97. The van der Waals surface area contributed by atoms with E-state index in [-0.39, 0.29) is 18.1 Å². The first-order valence-corrected chi connectivity index (χ1v) is 10.2. The first kappa shape index (κ1) is 20.2. The molecular formula is C25H19N5O3. The van der Waals surface area contributed by atoms with Gasteiger partial charge in [-0.05, 0) is 28.5 Å². The normalized spacial score (nSPS) is 14.9. The molecule has 4 aromatic rings. The van der Waals surface area contributed by atoms with Crippen molar-refractivity contribution in [2.75, 3.05) is 6.61 Å². The summed E-state index contributed by atoms with van der Waals surface area (Å²) >= 11 is 0. The summed E-state index contributed by atoms with van der Waals surface area (Å²) in [6, 6.07) is 23.3. The second kappa shape index (κ2) is 8.05. The zero-order chi connectivity index (χ0) is 22.9. The van der Waals surface area contributed by atoms with Crippen molar-refractivity contribution in [2.45, 2.75) is 5.92 Å². The molecule has 1 aromatic heterocycles. The number of nitrogens with one attached hydrogen (secondary N) is 1. The van der Waals surface area contributed by atoms with Crippen LogP contribution in [0.15, 0.2) is 78.2 Å². The Balaban J connectivity index is 1.65. The van der Waals surface area contributed by atoms with Crippen molar-refractivity contribution in [3.05, 3.63) is 89.3 Å². The first-order valence-electron chi connectivity index (χ1n) is 10.2. The molecule has 1 aliphatic heterocycles. The van der Waals surface area contributed by atoms with E-state index in [1.54, 1.807) is 12.1 Å². The van der Waals surface area contributed by atoms with E-state index >= 15 is 0 Å². The van der Waals surface area contributed by atoms with E-state index < -0.39 is 11.8 Å².